The van der Waals surface area contributed by atoms with Crippen LogP contribution in [0.15, 0.2) is 47.6 Å². The molecule has 0 atom stereocenters. The highest BCUT2D eigenvalue weighted by Gasteiger charge is 2.15. The third-order valence-electron chi connectivity index (χ3n) is 3.59. The molecule has 0 saturated carbocycles. The van der Waals surface area contributed by atoms with Crippen molar-refractivity contribution in [1.29, 1.82) is 0 Å². The molecule has 3 nitrogen and oxygen atoms in total. The van der Waals surface area contributed by atoms with Crippen molar-refractivity contribution < 1.29 is 15.0 Å². The van der Waals surface area contributed by atoms with E-state index in [4.69, 9.17) is 0 Å². The fourth-order valence-electron chi connectivity index (χ4n) is 2.23. The number of carbonyl (C=O) groups excluding carboxylic acids is 1. The highest BCUT2D eigenvalue weighted by molar-refractivity contribution is 6.06. The van der Waals surface area contributed by atoms with E-state index in [1.165, 1.54) is 29.4 Å². The number of ketones is 1. The Bertz CT molecular complexity index is 645. The van der Waals surface area contributed by atoms with Crippen LogP contribution < -0.4 is 0 Å². The Morgan fingerprint density at radius 3 is 2.43 bits per heavy atom. The molecular weight excluding hydrogens is 288 g/mol. The van der Waals surface area contributed by atoms with Gasteiger partial charge < -0.3 is 10.2 Å². The number of hydrogen-bond donors (Lipinski definition) is 2. The lowest BCUT2D eigenvalue weighted by Crippen LogP contribution is -1.98. The van der Waals surface area contributed by atoms with Gasteiger partial charge in [-0.1, -0.05) is 29.4 Å². The van der Waals surface area contributed by atoms with Crippen LogP contribution in [0.25, 0.3) is 0 Å². The number of carbonyl (C=O) groups is 1. The maximum atomic E-state index is 11.9. The van der Waals surface area contributed by atoms with Crippen LogP contribution in [0.2, 0.25) is 0 Å². The molecule has 0 aliphatic carbocycles. The van der Waals surface area contributed by atoms with E-state index in [1.807, 2.05) is 13.0 Å². The maximum Gasteiger partial charge on any atom is 0.189 e. The summed E-state index contributed by atoms with van der Waals surface area (Å²) in [5.41, 5.74) is 3.09. The minimum Gasteiger partial charge on any atom is -0.508 e. The van der Waals surface area contributed by atoms with Gasteiger partial charge in [-0.05, 0) is 65.2 Å². The molecule has 124 valence electrons. The molecule has 3 heteroatoms. The molecule has 0 aromatic heterocycles. The maximum absolute atomic E-state index is 11.9. The first kappa shape index (κ1) is 18.8. The van der Waals surface area contributed by atoms with Gasteiger partial charge in [0.05, 0.1) is 5.56 Å². The number of rotatable bonds is 7. The Morgan fingerprint density at radius 1 is 1.13 bits per heavy atom. The van der Waals surface area contributed by atoms with Crippen molar-refractivity contribution in [3.8, 4) is 11.5 Å². The highest BCUT2D eigenvalue weighted by Crippen LogP contribution is 2.32. The van der Waals surface area contributed by atoms with Crippen molar-refractivity contribution in [1.82, 2.24) is 0 Å². The summed E-state index contributed by atoms with van der Waals surface area (Å²) in [6.07, 6.45) is 9.50. The van der Waals surface area contributed by atoms with Crippen LogP contribution in [0, 0.1) is 0 Å². The van der Waals surface area contributed by atoms with Gasteiger partial charge in [0.15, 0.2) is 5.78 Å². The van der Waals surface area contributed by atoms with Gasteiger partial charge in [-0.25, -0.2) is 0 Å². The van der Waals surface area contributed by atoms with Crippen LogP contribution in [0.4, 0.5) is 0 Å². The topological polar surface area (TPSA) is 57.5 Å². The molecule has 0 spiro atoms. The molecule has 2 N–H and O–H groups in total. The first-order valence-corrected chi connectivity index (χ1v) is 7.86. The van der Waals surface area contributed by atoms with Gasteiger partial charge in [-0.3, -0.25) is 4.79 Å². The van der Waals surface area contributed by atoms with Gasteiger partial charge in [-0.2, -0.15) is 0 Å². The summed E-state index contributed by atoms with van der Waals surface area (Å²) in [5, 5.41) is 20.2. The van der Waals surface area contributed by atoms with Crippen LogP contribution in [0.3, 0.4) is 0 Å². The molecule has 0 saturated heterocycles. The Hall–Kier alpha value is -2.29. The van der Waals surface area contributed by atoms with Gasteiger partial charge in [0, 0.05) is 5.56 Å². The summed E-state index contributed by atoms with van der Waals surface area (Å²) >= 11 is 0. The standard InChI is InChI=1S/C20H26O3/c1-5-7-18(21)17-12-13-19(22)16(20(17)23)11-10-15(4)9-6-8-14(2)3/h5,7-8,10,12-13,22-23H,6,9,11H2,1-4H3/b7-5+,15-10-. The SMILES string of the molecule is C/C=C/C(=O)c1ccc(O)c(C/C=C(/C)CCC=C(C)C)c1O. The number of benzene rings is 1. The number of phenolic OH excluding ortho intramolecular Hbond substituents is 2. The smallest absolute Gasteiger partial charge is 0.189 e. The zero-order chi connectivity index (χ0) is 17.4. The van der Waals surface area contributed by atoms with E-state index in [1.54, 1.807) is 13.0 Å². The van der Waals surface area contributed by atoms with Gasteiger partial charge in [0.1, 0.15) is 11.5 Å². The quantitative estimate of drug-likeness (QED) is 0.418. The Kier molecular flexibility index (Phi) is 7.33. The average Bonchev–Trinajstić information content (AvgIpc) is 2.46. The average molecular weight is 314 g/mol. The molecule has 0 unspecified atom stereocenters. The molecule has 0 amide bonds. The van der Waals surface area contributed by atoms with Crippen LogP contribution in [0.1, 0.15) is 56.5 Å². The molecule has 0 heterocycles. The Morgan fingerprint density at radius 2 is 1.83 bits per heavy atom. The van der Waals surface area contributed by atoms with E-state index in [0.29, 0.717) is 12.0 Å². The monoisotopic (exact) mass is 314 g/mol. The van der Waals surface area contributed by atoms with Crippen LogP contribution >= 0.6 is 0 Å². The lowest BCUT2D eigenvalue weighted by Gasteiger charge is -2.09. The predicted octanol–water partition coefficient (Wildman–Crippen LogP) is 5.09. The second kappa shape index (κ2) is 8.99. The van der Waals surface area contributed by atoms with E-state index in [0.717, 1.165) is 12.8 Å². The molecule has 0 aliphatic rings. The summed E-state index contributed by atoms with van der Waals surface area (Å²) in [6, 6.07) is 2.90. The Balaban J connectivity index is 2.93. The lowest BCUT2D eigenvalue weighted by molar-refractivity contribution is 0.104. The molecule has 0 radical (unpaired) electrons. The second-order valence-corrected chi connectivity index (χ2v) is 5.90. The number of aromatic hydroxyl groups is 2. The third-order valence-corrected chi connectivity index (χ3v) is 3.59. The van der Waals surface area contributed by atoms with Gasteiger partial charge in [-0.15, -0.1) is 0 Å². The van der Waals surface area contributed by atoms with E-state index in [-0.39, 0.29) is 22.8 Å². The molecule has 0 fully saturated rings. The van der Waals surface area contributed by atoms with Gasteiger partial charge in [0.2, 0.25) is 0 Å². The van der Waals surface area contributed by atoms with Crippen molar-refractivity contribution in [2.24, 2.45) is 0 Å². The number of phenols is 2. The van der Waals surface area contributed by atoms with Crippen molar-refractivity contribution in [2.75, 3.05) is 0 Å². The van der Waals surface area contributed by atoms with E-state index in [9.17, 15) is 15.0 Å². The molecule has 0 aliphatic heterocycles. The van der Waals surface area contributed by atoms with Crippen molar-refractivity contribution >= 4 is 5.78 Å². The predicted molar refractivity (Wildman–Crippen MR) is 95.0 cm³/mol. The summed E-state index contributed by atoms with van der Waals surface area (Å²) in [5.74, 6) is -0.398. The molecule has 1 rings (SSSR count). The van der Waals surface area contributed by atoms with Gasteiger partial charge in [0.25, 0.3) is 0 Å². The highest BCUT2D eigenvalue weighted by atomic mass is 16.3. The van der Waals surface area contributed by atoms with Crippen molar-refractivity contribution in [2.45, 2.75) is 47.0 Å². The summed E-state index contributed by atoms with van der Waals surface area (Å²) in [6.45, 7) is 7.92. The largest absolute Gasteiger partial charge is 0.508 e. The molecular formula is C20H26O3. The minimum atomic E-state index is -0.268. The molecule has 1 aromatic carbocycles. The number of hydrogen-bond acceptors (Lipinski definition) is 3. The molecule has 23 heavy (non-hydrogen) atoms. The van der Waals surface area contributed by atoms with Crippen LogP contribution in [-0.2, 0) is 6.42 Å². The van der Waals surface area contributed by atoms with Crippen LogP contribution in [0.5, 0.6) is 11.5 Å². The number of allylic oxidation sites excluding steroid dienone is 6. The fraction of sp³-hybridized carbons (Fsp3) is 0.350. The Labute approximate surface area is 138 Å². The normalized spacial score (nSPS) is 11.7. The summed E-state index contributed by atoms with van der Waals surface area (Å²) in [7, 11) is 0. The first-order valence-electron chi connectivity index (χ1n) is 7.86. The van der Waals surface area contributed by atoms with Crippen LogP contribution in [-0.4, -0.2) is 16.0 Å². The third kappa shape index (κ3) is 5.78. The summed E-state index contributed by atoms with van der Waals surface area (Å²) in [4.78, 5) is 11.9. The zero-order valence-corrected chi connectivity index (χ0v) is 14.4. The first-order chi connectivity index (χ1) is 10.9. The zero-order valence-electron chi connectivity index (χ0n) is 14.4. The molecule has 0 bridgehead atoms. The summed E-state index contributed by atoms with van der Waals surface area (Å²) < 4.78 is 0. The fourth-order valence-corrected chi connectivity index (χ4v) is 2.23. The minimum absolute atomic E-state index is 0.00729. The molecule has 1 aromatic rings. The lowest BCUT2D eigenvalue weighted by atomic mass is 10.00. The van der Waals surface area contributed by atoms with E-state index < -0.39 is 0 Å². The van der Waals surface area contributed by atoms with Gasteiger partial charge >= 0.3 is 0 Å². The van der Waals surface area contributed by atoms with E-state index in [2.05, 4.69) is 19.9 Å². The van der Waals surface area contributed by atoms with Crippen molar-refractivity contribution in [3.63, 3.8) is 0 Å². The van der Waals surface area contributed by atoms with E-state index >= 15 is 0 Å². The van der Waals surface area contributed by atoms with Crippen molar-refractivity contribution in [3.05, 3.63) is 58.7 Å². The second-order valence-electron chi connectivity index (χ2n) is 5.90.